The summed E-state index contributed by atoms with van der Waals surface area (Å²) in [6.07, 6.45) is 7.79. The molecule has 6 heteroatoms. The molecular weight excluding hydrogens is 292 g/mol. The van der Waals surface area contributed by atoms with Crippen LogP contribution < -0.4 is 10.7 Å². The third-order valence-corrected chi connectivity index (χ3v) is 2.74. The second-order valence-electron chi connectivity index (χ2n) is 4.54. The maximum absolute atomic E-state index is 11.6. The van der Waals surface area contributed by atoms with Crippen molar-refractivity contribution < 1.29 is 9.59 Å². The topological polar surface area (TPSA) is 83.5 Å². The van der Waals surface area contributed by atoms with E-state index in [9.17, 15) is 9.59 Å². The quantitative estimate of drug-likeness (QED) is 0.480. The number of amides is 2. The van der Waals surface area contributed by atoms with Gasteiger partial charge in [-0.05, 0) is 17.7 Å². The van der Waals surface area contributed by atoms with Crippen LogP contribution in [0.25, 0.3) is 6.08 Å². The Morgan fingerprint density at radius 2 is 1.87 bits per heavy atom. The number of carbonyl (C=O) groups excluding carboxylic acids is 2. The van der Waals surface area contributed by atoms with E-state index in [4.69, 9.17) is 0 Å². The van der Waals surface area contributed by atoms with Gasteiger partial charge in [-0.15, -0.1) is 0 Å². The van der Waals surface area contributed by atoms with Gasteiger partial charge in [0, 0.05) is 24.0 Å². The number of hydrogen-bond acceptors (Lipinski definition) is 4. The summed E-state index contributed by atoms with van der Waals surface area (Å²) in [5, 5.41) is 6.26. The molecule has 2 N–H and O–H groups in total. The highest BCUT2D eigenvalue weighted by Crippen LogP contribution is 2.00. The molecule has 0 radical (unpaired) electrons. The maximum atomic E-state index is 11.6. The van der Waals surface area contributed by atoms with Crippen molar-refractivity contribution in [3.8, 4) is 0 Å². The van der Waals surface area contributed by atoms with E-state index in [-0.39, 0.29) is 12.5 Å². The van der Waals surface area contributed by atoms with Crippen LogP contribution in [0.5, 0.6) is 0 Å². The van der Waals surface area contributed by atoms with Crippen LogP contribution >= 0.6 is 0 Å². The molecule has 0 aliphatic rings. The predicted octanol–water partition coefficient (Wildman–Crippen LogP) is 1.36. The number of benzene rings is 1. The average Bonchev–Trinajstić information content (AvgIpc) is 2.60. The van der Waals surface area contributed by atoms with Gasteiger partial charge in [0.15, 0.2) is 0 Å². The number of hydrazone groups is 1. The molecular formula is C17H16N4O2. The Morgan fingerprint density at radius 1 is 1.09 bits per heavy atom. The molecule has 0 bridgehead atoms. The van der Waals surface area contributed by atoms with Gasteiger partial charge in [0.25, 0.3) is 5.91 Å². The number of hydrogen-bond donors (Lipinski definition) is 2. The smallest absolute Gasteiger partial charge is 0.259 e. The third-order valence-electron chi connectivity index (χ3n) is 2.74. The van der Waals surface area contributed by atoms with Crippen molar-refractivity contribution in [3.63, 3.8) is 0 Å². The molecule has 0 unspecified atom stereocenters. The third kappa shape index (κ3) is 6.34. The van der Waals surface area contributed by atoms with Gasteiger partial charge in [0.2, 0.25) is 5.91 Å². The Balaban J connectivity index is 1.71. The first-order valence-electron chi connectivity index (χ1n) is 6.97. The van der Waals surface area contributed by atoms with Crippen LogP contribution in [0.15, 0.2) is 66.0 Å². The van der Waals surface area contributed by atoms with Gasteiger partial charge in [0.05, 0.1) is 12.8 Å². The molecule has 0 aliphatic heterocycles. The van der Waals surface area contributed by atoms with Gasteiger partial charge in [-0.2, -0.15) is 5.10 Å². The van der Waals surface area contributed by atoms with Gasteiger partial charge in [0.1, 0.15) is 0 Å². The van der Waals surface area contributed by atoms with Gasteiger partial charge < -0.3 is 5.32 Å². The minimum atomic E-state index is -0.411. The lowest BCUT2D eigenvalue weighted by Crippen LogP contribution is -2.34. The summed E-state index contributed by atoms with van der Waals surface area (Å²) < 4.78 is 0. The standard InChI is InChI=1S/C17H16N4O2/c22-16(9-8-14-5-2-1-3-6-14)19-13-17(23)21-20-12-15-7-4-10-18-11-15/h1-12H,13H2,(H,19,22)(H,21,23)/b9-8+,20-12-. The Bertz CT molecular complexity index is 697. The van der Waals surface area contributed by atoms with E-state index in [1.54, 1.807) is 30.6 Å². The lowest BCUT2D eigenvalue weighted by atomic mass is 10.2. The maximum Gasteiger partial charge on any atom is 0.259 e. The van der Waals surface area contributed by atoms with Crippen molar-refractivity contribution in [3.05, 3.63) is 72.1 Å². The minimum absolute atomic E-state index is 0.150. The number of aromatic nitrogens is 1. The molecule has 2 amide bonds. The normalized spacial score (nSPS) is 10.8. The summed E-state index contributed by atoms with van der Waals surface area (Å²) in [7, 11) is 0. The zero-order chi connectivity index (χ0) is 16.3. The van der Waals surface area contributed by atoms with Crippen LogP contribution in [0.2, 0.25) is 0 Å². The number of carbonyl (C=O) groups is 2. The zero-order valence-electron chi connectivity index (χ0n) is 12.3. The van der Waals surface area contributed by atoms with Gasteiger partial charge in [-0.3, -0.25) is 14.6 Å². The zero-order valence-corrected chi connectivity index (χ0v) is 12.3. The molecule has 0 fully saturated rings. The molecule has 2 aromatic rings. The monoisotopic (exact) mass is 308 g/mol. The van der Waals surface area contributed by atoms with Crippen LogP contribution in [-0.2, 0) is 9.59 Å². The number of nitrogens with zero attached hydrogens (tertiary/aromatic N) is 2. The molecule has 1 aromatic carbocycles. The fourth-order valence-electron chi connectivity index (χ4n) is 1.63. The first kappa shape index (κ1) is 16.1. The molecule has 1 aromatic heterocycles. The minimum Gasteiger partial charge on any atom is -0.343 e. The van der Waals surface area contributed by atoms with E-state index >= 15 is 0 Å². The number of rotatable bonds is 6. The average molecular weight is 308 g/mol. The lowest BCUT2D eigenvalue weighted by Gasteiger charge is -2.00. The molecule has 0 atom stereocenters. The van der Waals surface area contributed by atoms with Crippen molar-refractivity contribution in [2.75, 3.05) is 6.54 Å². The van der Waals surface area contributed by atoms with Crippen LogP contribution in [0.3, 0.4) is 0 Å². The highest BCUT2D eigenvalue weighted by Gasteiger charge is 2.01. The van der Waals surface area contributed by atoms with E-state index in [1.165, 1.54) is 12.3 Å². The summed E-state index contributed by atoms with van der Waals surface area (Å²) in [4.78, 5) is 27.0. The Kier molecular flexibility index (Phi) is 6.22. The molecule has 23 heavy (non-hydrogen) atoms. The van der Waals surface area contributed by atoms with Crippen molar-refractivity contribution in [2.24, 2.45) is 5.10 Å². The molecule has 0 saturated carbocycles. The van der Waals surface area contributed by atoms with E-state index in [2.05, 4.69) is 20.8 Å². The van der Waals surface area contributed by atoms with Crippen LogP contribution in [0.1, 0.15) is 11.1 Å². The Hall–Kier alpha value is -3.28. The van der Waals surface area contributed by atoms with E-state index in [0.29, 0.717) is 0 Å². The molecule has 2 rings (SSSR count). The van der Waals surface area contributed by atoms with Gasteiger partial charge >= 0.3 is 0 Å². The van der Waals surface area contributed by atoms with Crippen molar-refractivity contribution in [1.29, 1.82) is 0 Å². The lowest BCUT2D eigenvalue weighted by molar-refractivity contribution is -0.123. The van der Waals surface area contributed by atoms with Crippen LogP contribution in [0.4, 0.5) is 0 Å². The van der Waals surface area contributed by atoms with E-state index in [0.717, 1.165) is 11.1 Å². The number of nitrogens with one attached hydrogen (secondary N) is 2. The second kappa shape index (κ2) is 8.89. The Morgan fingerprint density at radius 3 is 2.61 bits per heavy atom. The molecule has 0 saturated heterocycles. The van der Waals surface area contributed by atoms with E-state index in [1.807, 2.05) is 30.3 Å². The first-order valence-corrected chi connectivity index (χ1v) is 6.97. The van der Waals surface area contributed by atoms with Crippen LogP contribution in [-0.4, -0.2) is 29.6 Å². The summed E-state index contributed by atoms with van der Waals surface area (Å²) in [5.74, 6) is -0.758. The summed E-state index contributed by atoms with van der Waals surface area (Å²) in [6, 6.07) is 13.0. The highest BCUT2D eigenvalue weighted by atomic mass is 16.2. The summed E-state index contributed by atoms with van der Waals surface area (Å²) in [6.45, 7) is -0.150. The van der Waals surface area contributed by atoms with Crippen molar-refractivity contribution >= 4 is 24.1 Å². The molecule has 0 aliphatic carbocycles. The molecule has 6 nitrogen and oxygen atoms in total. The fourth-order valence-corrected chi connectivity index (χ4v) is 1.63. The largest absolute Gasteiger partial charge is 0.343 e. The molecule has 116 valence electrons. The Labute approximate surface area is 133 Å². The summed E-state index contributed by atoms with van der Waals surface area (Å²) >= 11 is 0. The summed E-state index contributed by atoms with van der Waals surface area (Å²) in [5.41, 5.74) is 4.00. The van der Waals surface area contributed by atoms with Crippen molar-refractivity contribution in [1.82, 2.24) is 15.7 Å². The molecule has 0 spiro atoms. The molecule has 1 heterocycles. The second-order valence-corrected chi connectivity index (χ2v) is 4.54. The first-order chi connectivity index (χ1) is 11.2. The predicted molar refractivity (Wildman–Crippen MR) is 88.5 cm³/mol. The van der Waals surface area contributed by atoms with Gasteiger partial charge in [-0.1, -0.05) is 36.4 Å². The van der Waals surface area contributed by atoms with Crippen LogP contribution in [0, 0.1) is 0 Å². The fraction of sp³-hybridized carbons (Fsp3) is 0.0588. The number of pyridine rings is 1. The SMILES string of the molecule is O=C(/C=C/c1ccccc1)NCC(=O)N/N=C\c1cccnc1. The van der Waals surface area contributed by atoms with E-state index < -0.39 is 5.91 Å². The van der Waals surface area contributed by atoms with Crippen molar-refractivity contribution in [2.45, 2.75) is 0 Å². The van der Waals surface area contributed by atoms with Gasteiger partial charge in [-0.25, -0.2) is 5.43 Å². The highest BCUT2D eigenvalue weighted by molar-refractivity contribution is 5.94.